The van der Waals surface area contributed by atoms with Crippen LogP contribution in [-0.2, 0) is 11.2 Å². The van der Waals surface area contributed by atoms with Crippen LogP contribution in [0.3, 0.4) is 0 Å². The van der Waals surface area contributed by atoms with Crippen molar-refractivity contribution in [3.8, 4) is 5.75 Å². The molecular formula is C66H77N25O5S3. The number of nitrogens with zero attached hydrogens (tertiary/aromatic N) is 21. The number of amides is 4. The van der Waals surface area contributed by atoms with Crippen LogP contribution in [0.25, 0.3) is 0 Å². The Morgan fingerprint density at radius 2 is 0.929 bits per heavy atom. The van der Waals surface area contributed by atoms with Crippen molar-refractivity contribution in [3.05, 3.63) is 105 Å². The molecule has 15 rings (SSSR count). The fourth-order valence-corrected chi connectivity index (χ4v) is 14.9. The Hall–Kier alpha value is -10.4. The van der Waals surface area contributed by atoms with Crippen molar-refractivity contribution in [3.63, 3.8) is 0 Å². The second-order valence-electron chi connectivity index (χ2n) is 24.2. The average Bonchev–Trinajstić information content (AvgIpc) is 1.64. The third-order valence-corrected chi connectivity index (χ3v) is 20.8. The summed E-state index contributed by atoms with van der Waals surface area (Å²) in [7, 11) is 11.6. The molecule has 30 nitrogen and oxygen atoms in total. The van der Waals surface area contributed by atoms with Crippen molar-refractivity contribution in [2.75, 3.05) is 175 Å². The molecule has 1 aromatic carbocycles. The number of carbonyl (C=O) groups excluding carboxylic acids is 4. The Balaban J connectivity index is 0.000000134. The van der Waals surface area contributed by atoms with Crippen LogP contribution in [0.5, 0.6) is 5.75 Å². The van der Waals surface area contributed by atoms with E-state index in [1.807, 2.05) is 120 Å². The van der Waals surface area contributed by atoms with Gasteiger partial charge in [0, 0.05) is 117 Å². The standard InChI is InChI=1S/C23H29N9O2S.C22H27N9OS.C21H21N7O2S/c1-6-32-16-13-25-23(28-20(16)30(4)22-18(21(32)33)26-14(2)35-22)27-19-17(34-5)11-15(12-24-19)31-9-7-29(3)8-10-31;1-5-31-16-13-24-22(27-19(16)29(4)21-18(20(31)32)25-14(2)33-21)26-17-7-6-15(12-23-17)30-10-8-28(3)9-11-30;1-4-28-15-10-22-21(24-13-6-7-14-12(9-13)5-8-16(29)25-14)26-18(15)27(3)20-17(19(28)30)23-11(2)31-20/h11-13H,6-10H2,1-5H3,(H,24,25,27,28);6-7,12-13H,5,8-11H2,1-4H3,(H,23,24,26,27);6-7,9-10H,4-5,8H2,1-3H3,(H,25,29)(H,22,24,26). The van der Waals surface area contributed by atoms with E-state index >= 15 is 0 Å². The van der Waals surface area contributed by atoms with Crippen LogP contribution >= 0.6 is 34.0 Å². The molecule has 2 saturated heterocycles. The first-order valence-corrected chi connectivity index (χ1v) is 35.0. The number of pyridine rings is 2. The van der Waals surface area contributed by atoms with E-state index in [9.17, 15) is 19.2 Å². The van der Waals surface area contributed by atoms with Gasteiger partial charge in [0.05, 0.1) is 64.5 Å². The molecular weight excluding hydrogens is 1320 g/mol. The molecule has 6 aliphatic heterocycles. The van der Waals surface area contributed by atoms with E-state index in [1.54, 1.807) is 40.4 Å². The topological polar surface area (TPSA) is 300 Å². The van der Waals surface area contributed by atoms with Crippen molar-refractivity contribution >= 4 is 159 Å². The number of fused-ring (bicyclic) bond motifs is 7. The molecule has 2 fully saturated rings. The van der Waals surface area contributed by atoms with E-state index < -0.39 is 0 Å². The lowest BCUT2D eigenvalue weighted by atomic mass is 10.0. The quantitative estimate of drug-likeness (QED) is 0.0885. The Morgan fingerprint density at radius 3 is 1.37 bits per heavy atom. The largest absolute Gasteiger partial charge is 0.493 e. The summed E-state index contributed by atoms with van der Waals surface area (Å²) in [6.45, 7) is 21.0. The smallest absolute Gasteiger partial charge is 0.280 e. The van der Waals surface area contributed by atoms with Crippen LogP contribution in [0.2, 0.25) is 0 Å². The molecule has 33 heteroatoms. The number of rotatable bonds is 12. The van der Waals surface area contributed by atoms with Gasteiger partial charge in [0.25, 0.3) is 17.7 Å². The van der Waals surface area contributed by atoms with Gasteiger partial charge in [0.15, 0.2) is 46.1 Å². The number of thiazole rings is 3. The third kappa shape index (κ3) is 13.6. The number of aryl methyl sites for hydroxylation is 4. The van der Waals surface area contributed by atoms with Crippen LogP contribution in [0.1, 0.15) is 79.2 Å². The number of hydrogen-bond acceptors (Lipinski definition) is 29. The van der Waals surface area contributed by atoms with Gasteiger partial charge in [-0.3, -0.25) is 19.2 Å². The number of aromatic nitrogens is 11. The maximum absolute atomic E-state index is 13.2. The molecule has 0 aliphatic carbocycles. The molecule has 0 saturated carbocycles. The van der Waals surface area contributed by atoms with E-state index in [0.717, 1.165) is 111 Å². The predicted molar refractivity (Wildman–Crippen MR) is 391 cm³/mol. The highest BCUT2D eigenvalue weighted by molar-refractivity contribution is 7.17. The van der Waals surface area contributed by atoms with Crippen molar-refractivity contribution in [1.82, 2.24) is 64.6 Å². The zero-order valence-electron chi connectivity index (χ0n) is 57.2. The molecule has 9 aromatic rings. The van der Waals surface area contributed by atoms with E-state index in [4.69, 9.17) is 19.7 Å². The zero-order chi connectivity index (χ0) is 69.5. The molecule has 0 radical (unpaired) electrons. The number of likely N-dealkylation sites (N-methyl/N-ethyl adjacent to an activating group) is 2. The van der Waals surface area contributed by atoms with Crippen LogP contribution in [0.15, 0.2) is 67.4 Å². The van der Waals surface area contributed by atoms with Gasteiger partial charge in [0.2, 0.25) is 23.8 Å². The van der Waals surface area contributed by atoms with Gasteiger partial charge >= 0.3 is 0 Å². The number of hydrogen-bond donors (Lipinski definition) is 4. The summed E-state index contributed by atoms with van der Waals surface area (Å²) in [5.41, 5.74) is 8.17. The number of methoxy groups -OCH3 is 1. The zero-order valence-corrected chi connectivity index (χ0v) is 59.7. The lowest BCUT2D eigenvalue weighted by molar-refractivity contribution is -0.116. The molecule has 514 valence electrons. The fourth-order valence-electron chi connectivity index (χ4n) is 12.3. The summed E-state index contributed by atoms with van der Waals surface area (Å²) < 4.78 is 5.63. The number of carbonyl (C=O) groups is 4. The van der Waals surface area contributed by atoms with Gasteiger partial charge < -0.3 is 75.0 Å². The van der Waals surface area contributed by atoms with Gasteiger partial charge in [-0.25, -0.2) is 39.9 Å². The molecule has 6 aliphatic rings. The summed E-state index contributed by atoms with van der Waals surface area (Å²) in [4.78, 5) is 121. The number of anilines is 18. The van der Waals surface area contributed by atoms with Crippen LogP contribution in [-0.4, -0.2) is 203 Å². The molecule has 0 unspecified atom stereocenters. The Labute approximate surface area is 584 Å². The summed E-state index contributed by atoms with van der Waals surface area (Å²) in [6, 6.07) is 11.8. The first-order valence-electron chi connectivity index (χ1n) is 32.6. The highest BCUT2D eigenvalue weighted by Crippen LogP contribution is 2.45. The summed E-state index contributed by atoms with van der Waals surface area (Å²) >= 11 is 4.42. The highest BCUT2D eigenvalue weighted by atomic mass is 32.1. The number of nitrogens with one attached hydrogen (secondary N) is 4. The fraction of sp³-hybridized carbons (Fsp3) is 0.379. The van der Waals surface area contributed by atoms with Crippen LogP contribution in [0, 0.1) is 20.8 Å². The van der Waals surface area contributed by atoms with Gasteiger partial charge in [-0.2, -0.15) is 15.0 Å². The molecule has 14 heterocycles. The molecule has 0 bridgehead atoms. The molecule has 99 heavy (non-hydrogen) atoms. The normalized spacial score (nSPS) is 15.9. The summed E-state index contributed by atoms with van der Waals surface area (Å²) in [6.07, 6.45) is 9.93. The lowest BCUT2D eigenvalue weighted by Crippen LogP contribution is -2.44. The van der Waals surface area contributed by atoms with Gasteiger partial charge in [-0.1, -0.05) is 0 Å². The maximum Gasteiger partial charge on any atom is 0.280 e. The summed E-state index contributed by atoms with van der Waals surface area (Å²) in [5.74, 6) is 4.55. The number of ether oxygens (including phenoxy) is 1. The first kappa shape index (κ1) is 67.2. The van der Waals surface area contributed by atoms with E-state index in [0.29, 0.717) is 119 Å². The Bertz CT molecular complexity index is 4550. The second-order valence-corrected chi connectivity index (χ2v) is 27.8. The average molecular weight is 1400 g/mol. The highest BCUT2D eigenvalue weighted by Gasteiger charge is 2.37. The van der Waals surface area contributed by atoms with Crippen LogP contribution < -0.4 is 65.2 Å². The molecule has 8 aromatic heterocycles. The predicted octanol–water partition coefficient (Wildman–Crippen LogP) is 9.39. The van der Waals surface area contributed by atoms with E-state index in [-0.39, 0.29) is 23.6 Å². The molecule has 0 spiro atoms. The molecule has 4 N–H and O–H groups in total. The van der Waals surface area contributed by atoms with Crippen LogP contribution in [0.4, 0.5) is 102 Å². The van der Waals surface area contributed by atoms with Gasteiger partial charge in [-0.05, 0) is 98.0 Å². The summed E-state index contributed by atoms with van der Waals surface area (Å²) in [5, 5.41) is 17.4. The number of piperazine rings is 2. The van der Waals surface area contributed by atoms with E-state index in [1.165, 1.54) is 34.0 Å². The third-order valence-electron chi connectivity index (χ3n) is 17.7. The SMILES string of the molecule is CCN1C(=O)c2nc(C)sc2N(C)c2nc(Nc3ccc(N4CCN(C)CC4)cn3)ncc21.CCN1C(=O)c2nc(C)sc2N(C)c2nc(Nc3ccc4c(c3)CCC(=O)N4)ncc21.CCN1C(=O)c2nc(C)sc2N(C)c2nc(Nc3ncc(N4CCN(C)CC4)cc3OC)ncc21. The van der Waals surface area contributed by atoms with Crippen molar-refractivity contribution < 1.29 is 23.9 Å². The van der Waals surface area contributed by atoms with Crippen molar-refractivity contribution in [2.24, 2.45) is 0 Å². The number of benzene rings is 1. The van der Waals surface area contributed by atoms with E-state index in [2.05, 4.69) is 101 Å². The minimum atomic E-state index is -0.149. The minimum Gasteiger partial charge on any atom is -0.493 e. The monoisotopic (exact) mass is 1400 g/mol. The van der Waals surface area contributed by atoms with Gasteiger partial charge in [0.1, 0.15) is 37.9 Å². The Morgan fingerprint density at radius 1 is 0.485 bits per heavy atom. The molecule has 0 atom stereocenters. The Kier molecular flexibility index (Phi) is 19.2. The van der Waals surface area contributed by atoms with Gasteiger partial charge in [-0.15, -0.1) is 34.0 Å². The maximum atomic E-state index is 13.2. The molecule has 4 amide bonds. The lowest BCUT2D eigenvalue weighted by Gasteiger charge is -2.34. The van der Waals surface area contributed by atoms with Crippen molar-refractivity contribution in [1.29, 1.82) is 0 Å². The first-order chi connectivity index (χ1) is 47.8. The minimum absolute atomic E-state index is 0.0398. The second kappa shape index (κ2) is 28.2. The van der Waals surface area contributed by atoms with Crippen molar-refractivity contribution in [2.45, 2.75) is 54.4 Å².